The van der Waals surface area contributed by atoms with Gasteiger partial charge in [-0.15, -0.1) is 18.3 Å². The van der Waals surface area contributed by atoms with Crippen LogP contribution < -0.4 is 15.0 Å². The Hall–Kier alpha value is -4.32. The fourth-order valence-electron chi connectivity index (χ4n) is 6.45. The highest BCUT2D eigenvalue weighted by Gasteiger charge is 2.32. The quantitative estimate of drug-likeness (QED) is 0.201. The summed E-state index contributed by atoms with van der Waals surface area (Å²) < 4.78 is 42.8. The fraction of sp³-hybridized carbons (Fsp3) is 0.389. The van der Waals surface area contributed by atoms with Crippen LogP contribution in [0.1, 0.15) is 68.6 Å². The van der Waals surface area contributed by atoms with Crippen LogP contribution in [0.25, 0.3) is 17.1 Å². The van der Waals surface area contributed by atoms with E-state index in [1.54, 1.807) is 11.8 Å². The van der Waals surface area contributed by atoms with Crippen LogP contribution in [0.2, 0.25) is 0 Å². The normalized spacial score (nSPS) is 20.7. The summed E-state index contributed by atoms with van der Waals surface area (Å²) in [6.07, 6.45) is 2.52. The lowest BCUT2D eigenvalue weighted by atomic mass is 9.96. The van der Waals surface area contributed by atoms with Crippen molar-refractivity contribution in [2.24, 2.45) is 4.99 Å². The molecule has 0 bridgehead atoms. The Morgan fingerprint density at radius 2 is 1.83 bits per heavy atom. The Kier molecular flexibility index (Phi) is 10.1. The largest absolute Gasteiger partial charge is 0.573 e. The minimum atomic E-state index is -4.74. The smallest absolute Gasteiger partial charge is 0.406 e. The Morgan fingerprint density at radius 1 is 1.06 bits per heavy atom. The molecule has 0 radical (unpaired) electrons. The van der Waals surface area contributed by atoms with Crippen molar-refractivity contribution in [1.29, 1.82) is 0 Å². The van der Waals surface area contributed by atoms with Gasteiger partial charge in [-0.25, -0.2) is 14.5 Å². The van der Waals surface area contributed by atoms with E-state index in [-0.39, 0.29) is 23.9 Å². The summed E-state index contributed by atoms with van der Waals surface area (Å²) >= 11 is 1.65. The van der Waals surface area contributed by atoms with Crippen molar-refractivity contribution in [3.05, 3.63) is 89.7 Å². The van der Waals surface area contributed by atoms with E-state index in [4.69, 9.17) is 0 Å². The van der Waals surface area contributed by atoms with Crippen LogP contribution in [-0.4, -0.2) is 50.2 Å². The molecule has 12 heteroatoms. The number of aromatic nitrogens is 3. The number of nitrogens with one attached hydrogen (secondary N) is 1. The number of amides is 2. The summed E-state index contributed by atoms with van der Waals surface area (Å²) in [4.78, 5) is 24.5. The van der Waals surface area contributed by atoms with Crippen LogP contribution in [0, 0.1) is 6.92 Å². The van der Waals surface area contributed by atoms with Crippen LogP contribution in [0.5, 0.6) is 5.75 Å². The second kappa shape index (κ2) is 14.4. The van der Waals surface area contributed by atoms with Crippen molar-refractivity contribution in [2.45, 2.75) is 83.7 Å². The van der Waals surface area contributed by atoms with E-state index in [1.165, 1.54) is 52.0 Å². The molecule has 2 amide bonds. The fourth-order valence-corrected chi connectivity index (χ4v) is 7.65. The number of hydrogen-bond donors (Lipinski definition) is 1. The van der Waals surface area contributed by atoms with Crippen LogP contribution in [0.4, 0.5) is 23.7 Å². The number of aryl methyl sites for hydroxylation is 2. The molecule has 1 aromatic heterocycles. The van der Waals surface area contributed by atoms with Gasteiger partial charge in [0.1, 0.15) is 12.1 Å². The molecule has 48 heavy (non-hydrogen) atoms. The average molecular weight is 677 g/mol. The van der Waals surface area contributed by atoms with E-state index in [9.17, 15) is 18.0 Å². The highest BCUT2D eigenvalue weighted by atomic mass is 32.2. The number of halogens is 3. The number of ether oxygens (including phenoxy) is 1. The van der Waals surface area contributed by atoms with Gasteiger partial charge in [-0.2, -0.15) is 4.99 Å². The molecule has 3 unspecified atom stereocenters. The minimum Gasteiger partial charge on any atom is -0.406 e. The molecule has 2 heterocycles. The monoisotopic (exact) mass is 676 g/mol. The van der Waals surface area contributed by atoms with E-state index in [1.807, 2.05) is 12.1 Å². The molecule has 1 saturated carbocycles. The summed E-state index contributed by atoms with van der Waals surface area (Å²) in [5.74, 6) is 1.45. The first-order valence-electron chi connectivity index (χ1n) is 16.3. The van der Waals surface area contributed by atoms with Gasteiger partial charge in [-0.05, 0) is 98.9 Å². The van der Waals surface area contributed by atoms with E-state index < -0.39 is 6.36 Å². The zero-order valence-electron chi connectivity index (χ0n) is 27.2. The summed E-state index contributed by atoms with van der Waals surface area (Å²) in [7, 11) is 0. The van der Waals surface area contributed by atoms with Gasteiger partial charge < -0.3 is 15.0 Å². The molecule has 0 spiro atoms. The number of alkyl halides is 3. The first-order valence-corrected chi connectivity index (χ1v) is 17.3. The lowest BCUT2D eigenvalue weighted by Crippen LogP contribution is -2.43. The number of nitrogens with zero attached hydrogens (tertiary/aromatic N) is 5. The Morgan fingerprint density at radius 3 is 2.56 bits per heavy atom. The zero-order chi connectivity index (χ0) is 33.8. The number of benzene rings is 3. The van der Waals surface area contributed by atoms with Crippen molar-refractivity contribution < 1.29 is 22.7 Å². The maximum atomic E-state index is 13.2. The maximum Gasteiger partial charge on any atom is 0.573 e. The maximum absolute atomic E-state index is 13.2. The van der Waals surface area contributed by atoms with Crippen molar-refractivity contribution in [3.8, 4) is 22.8 Å². The molecule has 1 saturated heterocycles. The van der Waals surface area contributed by atoms with Crippen molar-refractivity contribution in [3.63, 3.8) is 0 Å². The lowest BCUT2D eigenvalue weighted by Gasteiger charge is -2.37. The summed E-state index contributed by atoms with van der Waals surface area (Å²) in [5.41, 5.74) is 6.21. The van der Waals surface area contributed by atoms with Crippen molar-refractivity contribution in [1.82, 2.24) is 20.1 Å². The SMILES string of the molecule is CCCc1ccc(C)cc1N1C(=NC(=O)NC2CCC(c3ccc(-c4ncn(-c5ccc(OC(F)(F)F)cc5)n4)cc3)C2)SCCC1C. The van der Waals surface area contributed by atoms with Gasteiger partial charge >= 0.3 is 12.4 Å². The van der Waals surface area contributed by atoms with Crippen LogP contribution in [0.3, 0.4) is 0 Å². The van der Waals surface area contributed by atoms with Crippen molar-refractivity contribution >= 4 is 28.6 Å². The molecule has 4 aromatic rings. The third-order valence-corrected chi connectivity index (χ3v) is 9.84. The van der Waals surface area contributed by atoms with Gasteiger partial charge in [0.2, 0.25) is 0 Å². The lowest BCUT2D eigenvalue weighted by molar-refractivity contribution is -0.274. The predicted octanol–water partition coefficient (Wildman–Crippen LogP) is 8.83. The van der Waals surface area contributed by atoms with Gasteiger partial charge in [-0.1, -0.05) is 61.5 Å². The molecule has 3 atom stereocenters. The number of carbonyl (C=O) groups is 1. The van der Waals surface area contributed by atoms with E-state index in [2.05, 4.69) is 81.1 Å². The Labute approximate surface area is 282 Å². The number of thioether (sulfide) groups is 1. The molecule has 1 aliphatic carbocycles. The second-order valence-electron chi connectivity index (χ2n) is 12.5. The van der Waals surface area contributed by atoms with Crippen LogP contribution >= 0.6 is 11.8 Å². The molecule has 2 aliphatic rings. The van der Waals surface area contributed by atoms with Crippen LogP contribution in [0.15, 0.2) is 78.0 Å². The standard InChI is InChI=1S/C36H39F3N6O2S/c1-4-5-26-7-6-23(2)20-32(26)45-24(3)18-19-48-35(45)42-34(46)41-29-13-12-28(21-29)25-8-10-27(11-9-25)33-40-22-44(43-33)30-14-16-31(17-15-30)47-36(37,38)39/h6-11,14-17,20,22,24,28-29H,4-5,12-13,18-19,21H2,1-3H3,(H,41,46). The van der Waals surface area contributed by atoms with Crippen molar-refractivity contribution in [2.75, 3.05) is 10.7 Å². The first kappa shape index (κ1) is 33.6. The average Bonchev–Trinajstić information content (AvgIpc) is 3.73. The van der Waals surface area contributed by atoms with E-state index in [0.29, 0.717) is 17.4 Å². The van der Waals surface area contributed by atoms with Gasteiger partial charge in [-0.3, -0.25) is 0 Å². The summed E-state index contributed by atoms with van der Waals surface area (Å²) in [6.45, 7) is 6.49. The minimum absolute atomic E-state index is 0.0471. The van der Waals surface area contributed by atoms with Crippen LogP contribution in [-0.2, 0) is 6.42 Å². The molecule has 2 fully saturated rings. The van der Waals surface area contributed by atoms with Gasteiger partial charge in [0.05, 0.1) is 5.69 Å². The second-order valence-corrected chi connectivity index (χ2v) is 13.5. The van der Waals surface area contributed by atoms with Gasteiger partial charge in [0.15, 0.2) is 11.0 Å². The van der Waals surface area contributed by atoms with Gasteiger partial charge in [0.25, 0.3) is 0 Å². The molecule has 1 aliphatic heterocycles. The Balaban J connectivity index is 1.07. The third kappa shape index (κ3) is 8.03. The number of carbonyl (C=O) groups excluding carboxylic acids is 1. The molecule has 1 N–H and O–H groups in total. The number of hydrogen-bond acceptors (Lipinski definition) is 5. The number of anilines is 1. The third-order valence-electron chi connectivity index (χ3n) is 8.86. The number of urea groups is 1. The Bertz CT molecular complexity index is 1760. The highest BCUT2D eigenvalue weighted by molar-refractivity contribution is 8.14. The highest BCUT2D eigenvalue weighted by Crippen LogP contribution is 2.36. The number of amidine groups is 1. The zero-order valence-corrected chi connectivity index (χ0v) is 28.0. The number of rotatable bonds is 8. The summed E-state index contributed by atoms with van der Waals surface area (Å²) in [6, 6.07) is 20.1. The molecular weight excluding hydrogens is 637 g/mol. The van der Waals surface area contributed by atoms with E-state index in [0.717, 1.165) is 60.7 Å². The molecule has 252 valence electrons. The molecule has 8 nitrogen and oxygen atoms in total. The topological polar surface area (TPSA) is 84.6 Å². The summed E-state index contributed by atoms with van der Waals surface area (Å²) in [5, 5.41) is 8.45. The molecular formula is C36H39F3N6O2S. The van der Waals surface area contributed by atoms with Gasteiger partial charge in [0, 0.05) is 29.1 Å². The predicted molar refractivity (Wildman–Crippen MR) is 184 cm³/mol. The van der Waals surface area contributed by atoms with E-state index >= 15 is 0 Å². The molecule has 3 aromatic carbocycles. The number of aliphatic imine (C=N–C) groups is 1. The molecule has 6 rings (SSSR count). The first-order chi connectivity index (χ1) is 23.1.